The summed E-state index contributed by atoms with van der Waals surface area (Å²) in [4.78, 5) is 15.0. The molecule has 1 aromatic heterocycles. The summed E-state index contributed by atoms with van der Waals surface area (Å²) in [6.45, 7) is 8.02. The predicted octanol–water partition coefficient (Wildman–Crippen LogP) is 3.54. The molecule has 2 aromatic rings. The third-order valence-electron chi connectivity index (χ3n) is 4.67. The van der Waals surface area contributed by atoms with Crippen LogP contribution in [0.5, 0.6) is 0 Å². The minimum atomic E-state index is 0.163. The fourth-order valence-electron chi connectivity index (χ4n) is 3.40. The van der Waals surface area contributed by atoms with Crippen LogP contribution in [-0.4, -0.2) is 33.7 Å². The maximum atomic E-state index is 13.0. The lowest BCUT2D eigenvalue weighted by molar-refractivity contribution is 0.0790. The second-order valence-corrected chi connectivity index (χ2v) is 6.17. The SMILES string of the molecule is CCc1nn(-c2ccccc2C)c(CC)c1C(=O)N1CCCC1. The van der Waals surface area contributed by atoms with Gasteiger partial charge in [0.05, 0.1) is 22.6 Å². The molecular weight excluding hydrogens is 286 g/mol. The van der Waals surface area contributed by atoms with Gasteiger partial charge in [0.25, 0.3) is 5.91 Å². The Morgan fingerprint density at radius 3 is 2.43 bits per heavy atom. The van der Waals surface area contributed by atoms with Crippen molar-refractivity contribution >= 4 is 5.91 Å². The molecule has 1 aromatic carbocycles. The van der Waals surface area contributed by atoms with Gasteiger partial charge in [-0.15, -0.1) is 0 Å². The van der Waals surface area contributed by atoms with E-state index >= 15 is 0 Å². The largest absolute Gasteiger partial charge is 0.339 e. The van der Waals surface area contributed by atoms with Crippen LogP contribution in [0.4, 0.5) is 0 Å². The van der Waals surface area contributed by atoms with Crippen LogP contribution in [0.1, 0.15) is 54.0 Å². The summed E-state index contributed by atoms with van der Waals surface area (Å²) in [5, 5.41) is 4.79. The standard InChI is InChI=1S/C19H25N3O/c1-4-15-18(19(23)21-12-8-9-13-21)16(5-2)22(20-15)17-11-7-6-10-14(17)3/h6-7,10-11H,4-5,8-9,12-13H2,1-3H3. The molecule has 1 fully saturated rings. The quantitative estimate of drug-likeness (QED) is 0.866. The highest BCUT2D eigenvalue weighted by atomic mass is 16.2. The fourth-order valence-corrected chi connectivity index (χ4v) is 3.40. The number of hydrogen-bond donors (Lipinski definition) is 0. The molecule has 1 aliphatic rings. The third-order valence-corrected chi connectivity index (χ3v) is 4.67. The van der Waals surface area contributed by atoms with Crippen LogP contribution in [0.3, 0.4) is 0 Å². The van der Waals surface area contributed by atoms with Crippen molar-refractivity contribution in [2.75, 3.05) is 13.1 Å². The van der Waals surface area contributed by atoms with E-state index in [1.165, 1.54) is 5.56 Å². The molecule has 0 unspecified atom stereocenters. The minimum absolute atomic E-state index is 0.163. The number of aromatic nitrogens is 2. The molecule has 3 rings (SSSR count). The smallest absolute Gasteiger partial charge is 0.257 e. The van der Waals surface area contributed by atoms with E-state index in [0.717, 1.165) is 61.4 Å². The van der Waals surface area contributed by atoms with Crippen LogP contribution in [0.2, 0.25) is 0 Å². The number of carbonyl (C=O) groups is 1. The van der Waals surface area contributed by atoms with Gasteiger partial charge in [0.1, 0.15) is 0 Å². The first kappa shape index (κ1) is 15.8. The Bertz CT molecular complexity index is 711. The summed E-state index contributed by atoms with van der Waals surface area (Å²) in [7, 11) is 0. The van der Waals surface area contributed by atoms with Crippen molar-refractivity contribution in [1.82, 2.24) is 14.7 Å². The van der Waals surface area contributed by atoms with E-state index in [-0.39, 0.29) is 5.91 Å². The van der Waals surface area contributed by atoms with Gasteiger partial charge in [0.2, 0.25) is 0 Å². The van der Waals surface area contributed by atoms with Gasteiger partial charge < -0.3 is 4.90 Å². The van der Waals surface area contributed by atoms with Crippen LogP contribution in [-0.2, 0) is 12.8 Å². The molecule has 1 saturated heterocycles. The van der Waals surface area contributed by atoms with Gasteiger partial charge in [-0.25, -0.2) is 4.68 Å². The second kappa shape index (κ2) is 6.57. The topological polar surface area (TPSA) is 38.1 Å². The first-order chi connectivity index (χ1) is 11.2. The van der Waals surface area contributed by atoms with Crippen LogP contribution >= 0.6 is 0 Å². The molecule has 122 valence electrons. The van der Waals surface area contributed by atoms with E-state index in [1.807, 2.05) is 21.7 Å². The first-order valence-corrected chi connectivity index (χ1v) is 8.63. The number of benzene rings is 1. The van der Waals surface area contributed by atoms with Crippen LogP contribution in [0.15, 0.2) is 24.3 Å². The molecule has 1 amide bonds. The second-order valence-electron chi connectivity index (χ2n) is 6.17. The Balaban J connectivity index is 2.12. The maximum absolute atomic E-state index is 13.0. The molecule has 2 heterocycles. The number of carbonyl (C=O) groups excluding carboxylic acids is 1. The maximum Gasteiger partial charge on any atom is 0.257 e. The third kappa shape index (κ3) is 2.78. The summed E-state index contributed by atoms with van der Waals surface area (Å²) < 4.78 is 1.98. The van der Waals surface area contributed by atoms with Crippen LogP contribution in [0, 0.1) is 6.92 Å². The lowest BCUT2D eigenvalue weighted by atomic mass is 10.1. The van der Waals surface area contributed by atoms with Crippen molar-refractivity contribution in [1.29, 1.82) is 0 Å². The highest BCUT2D eigenvalue weighted by Crippen LogP contribution is 2.25. The van der Waals surface area contributed by atoms with E-state index in [9.17, 15) is 4.79 Å². The van der Waals surface area contributed by atoms with Crippen molar-refractivity contribution in [2.24, 2.45) is 0 Å². The predicted molar refractivity (Wildman–Crippen MR) is 92.2 cm³/mol. The molecule has 0 spiro atoms. The van der Waals surface area contributed by atoms with Crippen LogP contribution < -0.4 is 0 Å². The zero-order valence-corrected chi connectivity index (χ0v) is 14.3. The van der Waals surface area contributed by atoms with Crippen molar-refractivity contribution in [3.05, 3.63) is 46.8 Å². The van der Waals surface area contributed by atoms with Gasteiger partial charge in [-0.2, -0.15) is 5.10 Å². The molecule has 0 N–H and O–H groups in total. The summed E-state index contributed by atoms with van der Waals surface area (Å²) in [5.74, 6) is 0.163. The zero-order valence-electron chi connectivity index (χ0n) is 14.3. The highest BCUT2D eigenvalue weighted by molar-refractivity contribution is 5.97. The summed E-state index contributed by atoms with van der Waals surface area (Å²) >= 11 is 0. The van der Waals surface area contributed by atoms with Crippen molar-refractivity contribution in [2.45, 2.75) is 46.5 Å². The van der Waals surface area contributed by atoms with E-state index in [1.54, 1.807) is 0 Å². The Hall–Kier alpha value is -2.10. The molecule has 0 atom stereocenters. The molecule has 0 aliphatic carbocycles. The number of para-hydroxylation sites is 1. The van der Waals surface area contributed by atoms with Gasteiger partial charge in [-0.3, -0.25) is 4.79 Å². The summed E-state index contributed by atoms with van der Waals surface area (Å²) in [5.41, 5.74) is 5.03. The number of amides is 1. The van der Waals surface area contributed by atoms with Gasteiger partial charge in [-0.1, -0.05) is 32.0 Å². The molecular formula is C19H25N3O. The Kier molecular flexibility index (Phi) is 4.51. The van der Waals surface area contributed by atoms with Crippen molar-refractivity contribution in [3.63, 3.8) is 0 Å². The van der Waals surface area contributed by atoms with E-state index < -0.39 is 0 Å². The van der Waals surface area contributed by atoms with Gasteiger partial charge in [0.15, 0.2) is 0 Å². The number of nitrogens with zero attached hydrogens (tertiary/aromatic N) is 3. The van der Waals surface area contributed by atoms with E-state index in [0.29, 0.717) is 0 Å². The average Bonchev–Trinajstić information content (AvgIpc) is 3.22. The molecule has 4 nitrogen and oxygen atoms in total. The molecule has 0 radical (unpaired) electrons. The number of hydrogen-bond acceptors (Lipinski definition) is 2. The normalized spacial score (nSPS) is 14.5. The van der Waals surface area contributed by atoms with Gasteiger partial charge in [-0.05, 0) is 44.2 Å². The van der Waals surface area contributed by atoms with Crippen molar-refractivity contribution < 1.29 is 4.79 Å². The molecule has 4 heteroatoms. The Morgan fingerprint density at radius 1 is 1.13 bits per heavy atom. The Morgan fingerprint density at radius 2 is 1.83 bits per heavy atom. The number of rotatable bonds is 4. The summed E-state index contributed by atoms with van der Waals surface area (Å²) in [6, 6.07) is 8.22. The molecule has 1 aliphatic heterocycles. The first-order valence-electron chi connectivity index (χ1n) is 8.63. The van der Waals surface area contributed by atoms with Gasteiger partial charge >= 0.3 is 0 Å². The lowest BCUT2D eigenvalue weighted by Gasteiger charge is -2.16. The van der Waals surface area contributed by atoms with E-state index in [4.69, 9.17) is 5.10 Å². The molecule has 23 heavy (non-hydrogen) atoms. The number of aryl methyl sites for hydroxylation is 2. The monoisotopic (exact) mass is 311 g/mol. The molecule has 0 saturated carbocycles. The van der Waals surface area contributed by atoms with Crippen LogP contribution in [0.25, 0.3) is 5.69 Å². The zero-order chi connectivity index (χ0) is 16.4. The minimum Gasteiger partial charge on any atom is -0.339 e. The van der Waals surface area contributed by atoms with Crippen molar-refractivity contribution in [3.8, 4) is 5.69 Å². The fraction of sp³-hybridized carbons (Fsp3) is 0.474. The molecule has 0 bridgehead atoms. The highest BCUT2D eigenvalue weighted by Gasteiger charge is 2.28. The average molecular weight is 311 g/mol. The Labute approximate surface area is 138 Å². The van der Waals surface area contributed by atoms with E-state index in [2.05, 4.69) is 32.9 Å². The summed E-state index contributed by atoms with van der Waals surface area (Å²) in [6.07, 6.45) is 3.80. The lowest BCUT2D eigenvalue weighted by Crippen LogP contribution is -2.29. The number of likely N-dealkylation sites (tertiary alicyclic amines) is 1. The van der Waals surface area contributed by atoms with Gasteiger partial charge in [0, 0.05) is 13.1 Å².